The fraction of sp³-hybridized carbons (Fsp3) is 0.308. The fourth-order valence-corrected chi connectivity index (χ4v) is 1.76. The SMILES string of the molecule is CCCn1cc(OCc2cc(F)cc([N+](=O)[O-])c2)cn1. The molecule has 2 rings (SSSR count). The summed E-state index contributed by atoms with van der Waals surface area (Å²) >= 11 is 0. The number of hydrogen-bond donors (Lipinski definition) is 0. The van der Waals surface area contributed by atoms with Gasteiger partial charge in [0.2, 0.25) is 0 Å². The van der Waals surface area contributed by atoms with Gasteiger partial charge in [0.25, 0.3) is 5.69 Å². The van der Waals surface area contributed by atoms with Crippen molar-refractivity contribution in [3.05, 3.63) is 52.1 Å². The first-order valence-corrected chi connectivity index (χ1v) is 6.17. The number of halogens is 1. The molecule has 0 amide bonds. The second kappa shape index (κ2) is 6.14. The molecule has 0 aliphatic carbocycles. The van der Waals surface area contributed by atoms with E-state index in [4.69, 9.17) is 4.74 Å². The van der Waals surface area contributed by atoms with Crippen LogP contribution >= 0.6 is 0 Å². The number of hydrogen-bond acceptors (Lipinski definition) is 4. The van der Waals surface area contributed by atoms with Crippen molar-refractivity contribution < 1.29 is 14.1 Å². The molecular formula is C13H14FN3O3. The maximum Gasteiger partial charge on any atom is 0.272 e. The lowest BCUT2D eigenvalue weighted by Crippen LogP contribution is -1.98. The molecule has 0 saturated carbocycles. The maximum atomic E-state index is 13.2. The molecule has 1 aromatic carbocycles. The quantitative estimate of drug-likeness (QED) is 0.602. The van der Waals surface area contributed by atoms with E-state index in [9.17, 15) is 14.5 Å². The topological polar surface area (TPSA) is 70.2 Å². The summed E-state index contributed by atoms with van der Waals surface area (Å²) in [6.45, 7) is 2.87. The Kier molecular flexibility index (Phi) is 4.29. The molecule has 0 bridgehead atoms. The Morgan fingerprint density at radius 1 is 1.45 bits per heavy atom. The van der Waals surface area contributed by atoms with Crippen molar-refractivity contribution in [2.75, 3.05) is 0 Å². The van der Waals surface area contributed by atoms with Gasteiger partial charge in [-0.15, -0.1) is 0 Å². The first kappa shape index (κ1) is 14.0. The molecule has 0 unspecified atom stereocenters. The van der Waals surface area contributed by atoms with Crippen LogP contribution in [0, 0.1) is 15.9 Å². The molecule has 6 nitrogen and oxygen atoms in total. The summed E-state index contributed by atoms with van der Waals surface area (Å²) in [5, 5.41) is 14.7. The van der Waals surface area contributed by atoms with Crippen LogP contribution < -0.4 is 4.74 Å². The largest absolute Gasteiger partial charge is 0.486 e. The Hall–Kier alpha value is -2.44. The van der Waals surface area contributed by atoms with E-state index in [-0.39, 0.29) is 12.3 Å². The highest BCUT2D eigenvalue weighted by Crippen LogP contribution is 2.18. The molecule has 0 N–H and O–H groups in total. The van der Waals surface area contributed by atoms with Crippen LogP contribution in [0.4, 0.5) is 10.1 Å². The lowest BCUT2D eigenvalue weighted by Gasteiger charge is -2.04. The van der Waals surface area contributed by atoms with E-state index >= 15 is 0 Å². The molecule has 0 aliphatic rings. The molecule has 2 aromatic rings. The zero-order valence-electron chi connectivity index (χ0n) is 11.0. The molecule has 0 atom stereocenters. The predicted octanol–water partition coefficient (Wildman–Crippen LogP) is 2.92. The van der Waals surface area contributed by atoms with Crippen molar-refractivity contribution in [3.63, 3.8) is 0 Å². The monoisotopic (exact) mass is 279 g/mol. The molecule has 0 fully saturated rings. The predicted molar refractivity (Wildman–Crippen MR) is 69.9 cm³/mol. The normalized spacial score (nSPS) is 10.5. The number of non-ortho nitro benzene ring substituents is 1. The molecule has 7 heteroatoms. The Bertz CT molecular complexity index is 613. The molecule has 1 aromatic heterocycles. The lowest BCUT2D eigenvalue weighted by atomic mass is 10.2. The second-order valence-corrected chi connectivity index (χ2v) is 4.30. The smallest absolute Gasteiger partial charge is 0.272 e. The van der Waals surface area contributed by atoms with Crippen molar-refractivity contribution in [1.29, 1.82) is 0 Å². The van der Waals surface area contributed by atoms with E-state index < -0.39 is 10.7 Å². The van der Waals surface area contributed by atoms with Crippen LogP contribution in [0.2, 0.25) is 0 Å². The van der Waals surface area contributed by atoms with Crippen molar-refractivity contribution in [2.24, 2.45) is 0 Å². The van der Waals surface area contributed by atoms with E-state index in [0.29, 0.717) is 11.3 Å². The van der Waals surface area contributed by atoms with Crippen molar-refractivity contribution >= 4 is 5.69 Å². The Morgan fingerprint density at radius 2 is 2.25 bits per heavy atom. The molecule has 20 heavy (non-hydrogen) atoms. The standard InChI is InChI=1S/C13H14FN3O3/c1-2-3-16-8-13(7-15-16)20-9-10-4-11(14)6-12(5-10)17(18)19/h4-8H,2-3,9H2,1H3. The van der Waals surface area contributed by atoms with Gasteiger partial charge in [0, 0.05) is 12.6 Å². The van der Waals surface area contributed by atoms with Crippen LogP contribution in [0.25, 0.3) is 0 Å². The number of nitrogens with zero attached hydrogens (tertiary/aromatic N) is 3. The summed E-state index contributed by atoms with van der Waals surface area (Å²) in [6, 6.07) is 3.38. The highest BCUT2D eigenvalue weighted by molar-refractivity contribution is 5.35. The van der Waals surface area contributed by atoms with Gasteiger partial charge in [0.1, 0.15) is 12.4 Å². The molecule has 106 valence electrons. The summed E-state index contributed by atoms with van der Waals surface area (Å²) in [7, 11) is 0. The highest BCUT2D eigenvalue weighted by Gasteiger charge is 2.10. The average Bonchev–Trinajstić information content (AvgIpc) is 2.84. The Morgan fingerprint density at radius 3 is 2.95 bits per heavy atom. The third-order valence-corrected chi connectivity index (χ3v) is 2.62. The average molecular weight is 279 g/mol. The number of aromatic nitrogens is 2. The number of nitro benzene ring substituents is 1. The van der Waals surface area contributed by atoms with Crippen LogP contribution in [-0.4, -0.2) is 14.7 Å². The Labute approximate surface area is 114 Å². The van der Waals surface area contributed by atoms with Crippen molar-refractivity contribution in [3.8, 4) is 5.75 Å². The summed E-state index contributed by atoms with van der Waals surface area (Å²) in [5.74, 6) is -0.107. The van der Waals surface area contributed by atoms with Gasteiger partial charge < -0.3 is 4.74 Å². The second-order valence-electron chi connectivity index (χ2n) is 4.30. The number of nitro groups is 1. The summed E-state index contributed by atoms with van der Waals surface area (Å²) in [4.78, 5) is 10.0. The minimum absolute atomic E-state index is 0.0520. The Balaban J connectivity index is 2.04. The van der Waals surface area contributed by atoms with Crippen LogP contribution in [0.15, 0.2) is 30.6 Å². The zero-order valence-corrected chi connectivity index (χ0v) is 11.0. The summed E-state index contributed by atoms with van der Waals surface area (Å²) in [6.07, 6.45) is 4.25. The molecule has 0 aliphatic heterocycles. The third-order valence-electron chi connectivity index (χ3n) is 2.62. The molecule has 0 saturated heterocycles. The van der Waals surface area contributed by atoms with Gasteiger partial charge in [-0.1, -0.05) is 6.92 Å². The van der Waals surface area contributed by atoms with Crippen LogP contribution in [-0.2, 0) is 13.2 Å². The highest BCUT2D eigenvalue weighted by atomic mass is 19.1. The number of benzene rings is 1. The lowest BCUT2D eigenvalue weighted by molar-refractivity contribution is -0.385. The van der Waals surface area contributed by atoms with Crippen LogP contribution in [0.5, 0.6) is 5.75 Å². The van der Waals surface area contributed by atoms with E-state index in [1.165, 1.54) is 12.1 Å². The number of ether oxygens (including phenoxy) is 1. The first-order valence-electron chi connectivity index (χ1n) is 6.17. The van der Waals surface area contributed by atoms with Crippen molar-refractivity contribution in [1.82, 2.24) is 9.78 Å². The molecule has 0 radical (unpaired) electrons. The fourth-order valence-electron chi connectivity index (χ4n) is 1.76. The number of aryl methyl sites for hydroxylation is 1. The third kappa shape index (κ3) is 3.53. The minimum atomic E-state index is -0.653. The van der Waals surface area contributed by atoms with Crippen LogP contribution in [0.3, 0.4) is 0 Å². The van der Waals surface area contributed by atoms with E-state index in [1.54, 1.807) is 17.1 Å². The summed E-state index contributed by atoms with van der Waals surface area (Å²) < 4.78 is 20.4. The maximum absolute atomic E-state index is 13.2. The van der Waals surface area contributed by atoms with Gasteiger partial charge in [-0.2, -0.15) is 5.10 Å². The van der Waals surface area contributed by atoms with Gasteiger partial charge in [0.15, 0.2) is 5.75 Å². The summed E-state index contributed by atoms with van der Waals surface area (Å²) in [5.41, 5.74) is 0.116. The van der Waals surface area contributed by atoms with Gasteiger partial charge in [-0.3, -0.25) is 14.8 Å². The van der Waals surface area contributed by atoms with Gasteiger partial charge in [-0.05, 0) is 18.1 Å². The minimum Gasteiger partial charge on any atom is -0.486 e. The van der Waals surface area contributed by atoms with Gasteiger partial charge in [-0.25, -0.2) is 4.39 Å². The molecule has 0 spiro atoms. The molecular weight excluding hydrogens is 265 g/mol. The first-order chi connectivity index (χ1) is 9.58. The van der Waals surface area contributed by atoms with E-state index in [0.717, 1.165) is 19.0 Å². The van der Waals surface area contributed by atoms with Gasteiger partial charge in [0.05, 0.1) is 23.4 Å². The number of rotatable bonds is 6. The van der Waals surface area contributed by atoms with E-state index in [1.807, 2.05) is 6.92 Å². The van der Waals surface area contributed by atoms with E-state index in [2.05, 4.69) is 5.10 Å². The van der Waals surface area contributed by atoms with Crippen molar-refractivity contribution in [2.45, 2.75) is 26.5 Å². The van der Waals surface area contributed by atoms with Gasteiger partial charge >= 0.3 is 0 Å². The molecule has 1 heterocycles. The zero-order chi connectivity index (χ0) is 14.5. The van der Waals surface area contributed by atoms with Crippen LogP contribution in [0.1, 0.15) is 18.9 Å².